The third-order valence-corrected chi connectivity index (χ3v) is 14.0. The molecule has 0 aliphatic heterocycles. The Morgan fingerprint density at radius 3 is 1.57 bits per heavy atom. The molecule has 0 atom stereocenters. The lowest BCUT2D eigenvalue weighted by Crippen LogP contribution is -2.75. The molecule has 0 saturated heterocycles. The zero-order valence-corrected chi connectivity index (χ0v) is 26.2. The first kappa shape index (κ1) is 27.6. The van der Waals surface area contributed by atoms with Crippen LogP contribution in [0.15, 0.2) is 182 Å². The van der Waals surface area contributed by atoms with Gasteiger partial charge in [0.25, 0.3) is 0 Å². The fourth-order valence-electron chi connectivity index (χ4n) is 7.21. The third kappa shape index (κ3) is 4.39. The molecule has 0 radical (unpaired) electrons. The van der Waals surface area contributed by atoms with Crippen molar-refractivity contribution in [3.8, 4) is 22.9 Å². The number of hydrogen-bond donors (Lipinski definition) is 0. The van der Waals surface area contributed by atoms with Gasteiger partial charge in [-0.1, -0.05) is 152 Å². The van der Waals surface area contributed by atoms with Crippen molar-refractivity contribution < 1.29 is 0 Å². The van der Waals surface area contributed by atoms with E-state index in [1.54, 1.807) is 0 Å². The minimum atomic E-state index is -2.90. The number of fused-ring (bicyclic) bond motifs is 3. The van der Waals surface area contributed by atoms with E-state index in [9.17, 15) is 5.26 Å². The highest BCUT2D eigenvalue weighted by molar-refractivity contribution is 7.20. The highest BCUT2D eigenvalue weighted by Gasteiger charge is 2.43. The molecule has 0 aliphatic carbocycles. The highest BCUT2D eigenvalue weighted by atomic mass is 28.3. The molecule has 2 nitrogen and oxygen atoms in total. The van der Waals surface area contributed by atoms with Crippen molar-refractivity contribution in [3.63, 3.8) is 0 Å². The Bertz CT molecular complexity index is 2290. The van der Waals surface area contributed by atoms with Gasteiger partial charge in [-0.15, -0.1) is 0 Å². The largest absolute Gasteiger partial charge is 0.309 e. The van der Waals surface area contributed by atoms with E-state index in [1.165, 1.54) is 37.4 Å². The number of hydrogen-bond acceptors (Lipinski definition) is 1. The van der Waals surface area contributed by atoms with Gasteiger partial charge in [0.2, 0.25) is 0 Å². The molecule has 0 unspecified atom stereocenters. The van der Waals surface area contributed by atoms with E-state index in [4.69, 9.17) is 0 Å². The quantitative estimate of drug-likeness (QED) is 0.142. The molecule has 0 saturated carbocycles. The summed E-state index contributed by atoms with van der Waals surface area (Å²) in [4.78, 5) is 0. The molecule has 8 rings (SSSR count). The summed E-state index contributed by atoms with van der Waals surface area (Å²) < 4.78 is 2.37. The van der Waals surface area contributed by atoms with Gasteiger partial charge in [0, 0.05) is 16.5 Å². The molecular weight excluding hydrogens is 573 g/mol. The highest BCUT2D eigenvalue weighted by Crippen LogP contribution is 2.33. The Kier molecular flexibility index (Phi) is 6.91. The van der Waals surface area contributed by atoms with Gasteiger partial charge in [-0.25, -0.2) is 0 Å². The summed E-state index contributed by atoms with van der Waals surface area (Å²) in [5.41, 5.74) is 6.55. The maximum absolute atomic E-state index is 10.4. The van der Waals surface area contributed by atoms with Crippen LogP contribution in [-0.2, 0) is 0 Å². The van der Waals surface area contributed by atoms with E-state index < -0.39 is 8.07 Å². The van der Waals surface area contributed by atoms with Crippen molar-refractivity contribution in [2.24, 2.45) is 0 Å². The van der Waals surface area contributed by atoms with Crippen LogP contribution in [0.3, 0.4) is 0 Å². The van der Waals surface area contributed by atoms with Gasteiger partial charge in [0.15, 0.2) is 8.07 Å². The third-order valence-electron chi connectivity index (χ3n) is 9.18. The number of aromatic nitrogens is 1. The molecule has 8 aromatic rings. The molecule has 0 amide bonds. The summed E-state index contributed by atoms with van der Waals surface area (Å²) in [5, 5.41) is 17.7. The Morgan fingerprint density at radius 2 is 0.935 bits per heavy atom. The summed E-state index contributed by atoms with van der Waals surface area (Å²) >= 11 is 0. The summed E-state index contributed by atoms with van der Waals surface area (Å²) in [7, 11) is -2.90. The van der Waals surface area contributed by atoms with Crippen molar-refractivity contribution in [1.82, 2.24) is 4.57 Å². The van der Waals surface area contributed by atoms with E-state index in [2.05, 4.69) is 180 Å². The summed E-state index contributed by atoms with van der Waals surface area (Å²) in [5.74, 6) is 0. The molecule has 0 N–H and O–H groups in total. The minimum absolute atomic E-state index is 0.723. The SMILES string of the molecule is N#Cc1ccccc1[Si](c1ccccc1)(c1ccccc1)c1cccc(-c2cccc(-n3c4ccccc4c4ccccc43)c2)c1. The lowest BCUT2D eigenvalue weighted by Gasteiger charge is -2.35. The van der Waals surface area contributed by atoms with Gasteiger partial charge in [-0.05, 0) is 62.2 Å². The molecule has 0 fully saturated rings. The second-order valence-electron chi connectivity index (χ2n) is 11.6. The zero-order chi connectivity index (χ0) is 30.9. The molecule has 3 heteroatoms. The van der Waals surface area contributed by atoms with Crippen LogP contribution in [0.1, 0.15) is 5.56 Å². The molecule has 46 heavy (non-hydrogen) atoms. The Balaban J connectivity index is 1.37. The van der Waals surface area contributed by atoms with Crippen LogP contribution in [0, 0.1) is 11.3 Å². The number of nitrogens with zero attached hydrogens (tertiary/aromatic N) is 2. The van der Waals surface area contributed by atoms with Crippen molar-refractivity contribution in [1.29, 1.82) is 5.26 Å². The molecule has 0 spiro atoms. The first-order chi connectivity index (χ1) is 22.8. The molecule has 0 aliphatic rings. The van der Waals surface area contributed by atoms with E-state index >= 15 is 0 Å². The van der Waals surface area contributed by atoms with E-state index in [1.807, 2.05) is 12.1 Å². The Hall–Kier alpha value is -5.95. The van der Waals surface area contributed by atoms with Crippen LogP contribution in [0.5, 0.6) is 0 Å². The predicted molar refractivity (Wildman–Crippen MR) is 195 cm³/mol. The van der Waals surface area contributed by atoms with Crippen molar-refractivity contribution >= 4 is 50.6 Å². The van der Waals surface area contributed by atoms with Crippen molar-refractivity contribution in [3.05, 3.63) is 188 Å². The summed E-state index contributed by atoms with van der Waals surface area (Å²) in [6.45, 7) is 0. The van der Waals surface area contributed by atoms with Gasteiger partial charge in [-0.3, -0.25) is 0 Å². The molecular formula is C43H30N2Si. The Labute approximate surface area is 270 Å². The van der Waals surface area contributed by atoms with E-state index in [0.29, 0.717) is 0 Å². The van der Waals surface area contributed by atoms with Crippen LogP contribution >= 0.6 is 0 Å². The van der Waals surface area contributed by atoms with Gasteiger partial charge < -0.3 is 4.57 Å². The maximum atomic E-state index is 10.4. The van der Waals surface area contributed by atoms with Crippen LogP contribution < -0.4 is 20.7 Å². The van der Waals surface area contributed by atoms with Crippen LogP contribution in [0.2, 0.25) is 0 Å². The van der Waals surface area contributed by atoms with Gasteiger partial charge in [0.1, 0.15) is 0 Å². The average Bonchev–Trinajstić information content (AvgIpc) is 3.48. The molecule has 7 aromatic carbocycles. The van der Waals surface area contributed by atoms with Crippen LogP contribution in [0.25, 0.3) is 38.6 Å². The van der Waals surface area contributed by atoms with Gasteiger partial charge in [-0.2, -0.15) is 5.26 Å². The minimum Gasteiger partial charge on any atom is -0.309 e. The lowest BCUT2D eigenvalue weighted by atomic mass is 10.1. The fourth-order valence-corrected chi connectivity index (χ4v) is 12.1. The van der Waals surface area contributed by atoms with E-state index in [-0.39, 0.29) is 0 Å². The predicted octanol–water partition coefficient (Wildman–Crippen LogP) is 7.70. The lowest BCUT2D eigenvalue weighted by molar-refractivity contribution is 1.18. The standard InChI is InChI=1S/C43H30N2Si/c44-31-34-15-7-12-28-43(34)46(36-19-3-1-4-20-36,37-21-5-2-6-22-37)38-23-14-17-33(30-38)32-16-13-18-35(29-32)45-41-26-10-8-24-39(41)40-25-9-11-27-42(40)45/h1-30H. The van der Waals surface area contributed by atoms with Gasteiger partial charge in [0.05, 0.1) is 22.7 Å². The second-order valence-corrected chi connectivity index (χ2v) is 15.4. The molecule has 216 valence electrons. The second kappa shape index (κ2) is 11.5. The first-order valence-electron chi connectivity index (χ1n) is 15.6. The molecule has 1 heterocycles. The summed E-state index contributed by atoms with van der Waals surface area (Å²) in [6.07, 6.45) is 0. The monoisotopic (exact) mass is 602 g/mol. The van der Waals surface area contributed by atoms with Crippen LogP contribution in [-0.4, -0.2) is 12.6 Å². The van der Waals surface area contributed by atoms with Crippen molar-refractivity contribution in [2.45, 2.75) is 0 Å². The first-order valence-corrected chi connectivity index (χ1v) is 17.6. The average molecular weight is 603 g/mol. The number of benzene rings is 7. The van der Waals surface area contributed by atoms with Gasteiger partial charge >= 0.3 is 0 Å². The van der Waals surface area contributed by atoms with E-state index in [0.717, 1.165) is 27.6 Å². The summed E-state index contributed by atoms with van der Waals surface area (Å²) in [6, 6.07) is 67.4. The zero-order valence-electron chi connectivity index (χ0n) is 25.2. The maximum Gasteiger partial charge on any atom is 0.180 e. The normalized spacial score (nSPS) is 11.5. The topological polar surface area (TPSA) is 28.7 Å². The number of nitriles is 1. The molecule has 0 bridgehead atoms. The fraction of sp³-hybridized carbons (Fsp3) is 0. The Morgan fingerprint density at radius 1 is 0.435 bits per heavy atom. The van der Waals surface area contributed by atoms with Crippen LogP contribution in [0.4, 0.5) is 0 Å². The number of para-hydroxylation sites is 2. The smallest absolute Gasteiger partial charge is 0.180 e. The molecule has 1 aromatic heterocycles. The number of rotatable bonds is 6. The van der Waals surface area contributed by atoms with Crippen molar-refractivity contribution in [2.75, 3.05) is 0 Å².